The molecule has 27 heavy (non-hydrogen) atoms. The third-order valence-electron chi connectivity index (χ3n) is 6.09. The molecular weight excluding hydrogens is 340 g/mol. The minimum Gasteiger partial charge on any atom is -0.507 e. The zero-order chi connectivity index (χ0) is 18.9. The lowest BCUT2D eigenvalue weighted by molar-refractivity contribution is -0.133. The number of rotatable bonds is 3. The maximum atomic E-state index is 12.9. The van der Waals surface area contributed by atoms with E-state index in [1.165, 1.54) is 11.1 Å². The van der Waals surface area contributed by atoms with Crippen LogP contribution in [0.2, 0.25) is 0 Å². The molecule has 5 heteroatoms. The van der Waals surface area contributed by atoms with Crippen LogP contribution in [0.15, 0.2) is 42.5 Å². The third kappa shape index (κ3) is 3.39. The van der Waals surface area contributed by atoms with Gasteiger partial charge < -0.3 is 15.2 Å². The molecular formula is C22H26N2O3. The van der Waals surface area contributed by atoms with Crippen LogP contribution in [0.1, 0.15) is 29.5 Å². The van der Waals surface area contributed by atoms with Gasteiger partial charge in [-0.1, -0.05) is 30.3 Å². The third-order valence-corrected chi connectivity index (χ3v) is 6.09. The van der Waals surface area contributed by atoms with E-state index < -0.39 is 0 Å². The average Bonchev–Trinajstić information content (AvgIpc) is 2.82. The predicted molar refractivity (Wildman–Crippen MR) is 104 cm³/mol. The fourth-order valence-corrected chi connectivity index (χ4v) is 4.38. The largest absolute Gasteiger partial charge is 0.507 e. The van der Waals surface area contributed by atoms with Crippen molar-refractivity contribution in [3.8, 4) is 11.5 Å². The Balaban J connectivity index is 1.49. The maximum absolute atomic E-state index is 12.9. The van der Waals surface area contributed by atoms with Crippen molar-refractivity contribution in [1.82, 2.24) is 10.2 Å². The van der Waals surface area contributed by atoms with Crippen molar-refractivity contribution in [3.63, 3.8) is 0 Å². The van der Waals surface area contributed by atoms with Gasteiger partial charge in [-0.3, -0.25) is 9.69 Å². The van der Waals surface area contributed by atoms with E-state index in [0.29, 0.717) is 18.8 Å². The van der Waals surface area contributed by atoms with E-state index >= 15 is 0 Å². The molecule has 1 spiro atoms. The molecule has 142 valence electrons. The molecule has 5 nitrogen and oxygen atoms in total. The molecule has 2 aromatic rings. The Morgan fingerprint density at radius 1 is 1.11 bits per heavy atom. The van der Waals surface area contributed by atoms with Crippen LogP contribution in [0.5, 0.6) is 11.5 Å². The molecule has 1 fully saturated rings. The molecule has 0 bridgehead atoms. The molecule has 0 saturated carbocycles. The lowest BCUT2D eigenvalue weighted by atomic mass is 9.73. The smallest absolute Gasteiger partial charge is 0.226 e. The quantitative estimate of drug-likeness (QED) is 0.877. The van der Waals surface area contributed by atoms with Gasteiger partial charge in [0.25, 0.3) is 0 Å². The Morgan fingerprint density at radius 2 is 1.85 bits per heavy atom. The van der Waals surface area contributed by atoms with Crippen LogP contribution in [0, 0.1) is 5.41 Å². The summed E-state index contributed by atoms with van der Waals surface area (Å²) in [6, 6.07) is 13.7. The van der Waals surface area contributed by atoms with Gasteiger partial charge in [0.15, 0.2) is 0 Å². The molecule has 1 amide bonds. The molecule has 2 aromatic carbocycles. The molecule has 4 rings (SSSR count). The molecule has 2 heterocycles. The summed E-state index contributed by atoms with van der Waals surface area (Å²) in [5.41, 5.74) is 2.99. The molecule has 1 saturated heterocycles. The van der Waals surface area contributed by atoms with Gasteiger partial charge in [0, 0.05) is 18.7 Å². The number of amides is 1. The second kappa shape index (κ2) is 7.24. The van der Waals surface area contributed by atoms with E-state index in [2.05, 4.69) is 28.4 Å². The van der Waals surface area contributed by atoms with Crippen molar-refractivity contribution in [2.45, 2.75) is 32.4 Å². The van der Waals surface area contributed by atoms with Crippen molar-refractivity contribution in [2.75, 3.05) is 20.2 Å². The van der Waals surface area contributed by atoms with Crippen molar-refractivity contribution in [1.29, 1.82) is 0 Å². The summed E-state index contributed by atoms with van der Waals surface area (Å²) in [7, 11) is 1.62. The number of likely N-dealkylation sites (tertiary alicyclic amines) is 1. The van der Waals surface area contributed by atoms with Crippen LogP contribution in [0.3, 0.4) is 0 Å². The van der Waals surface area contributed by atoms with E-state index in [-0.39, 0.29) is 17.1 Å². The monoisotopic (exact) mass is 366 g/mol. The SMILES string of the molecule is COc1cccc(O)c1CN1CCC2(CC1)Cc1ccccc1CNC2=O. The highest BCUT2D eigenvalue weighted by Crippen LogP contribution is 2.39. The molecule has 2 N–H and O–H groups in total. The van der Waals surface area contributed by atoms with Gasteiger partial charge >= 0.3 is 0 Å². The number of piperidine rings is 1. The van der Waals surface area contributed by atoms with Crippen LogP contribution < -0.4 is 10.1 Å². The fourth-order valence-electron chi connectivity index (χ4n) is 4.38. The number of carbonyl (C=O) groups is 1. The fraction of sp³-hybridized carbons (Fsp3) is 0.409. The van der Waals surface area contributed by atoms with Crippen molar-refractivity contribution in [2.24, 2.45) is 5.41 Å². The van der Waals surface area contributed by atoms with E-state index in [1.54, 1.807) is 19.2 Å². The van der Waals surface area contributed by atoms with E-state index in [1.807, 2.05) is 12.1 Å². The average molecular weight is 366 g/mol. The van der Waals surface area contributed by atoms with E-state index in [4.69, 9.17) is 4.74 Å². The number of phenols is 1. The van der Waals surface area contributed by atoms with E-state index in [0.717, 1.165) is 37.9 Å². The number of fused-ring (bicyclic) bond motifs is 1. The van der Waals surface area contributed by atoms with E-state index in [9.17, 15) is 9.90 Å². The van der Waals surface area contributed by atoms with Crippen LogP contribution in [0.25, 0.3) is 0 Å². The lowest BCUT2D eigenvalue weighted by Gasteiger charge is -2.40. The number of hydrogen-bond acceptors (Lipinski definition) is 4. The van der Waals surface area contributed by atoms with Gasteiger partial charge in [0.05, 0.1) is 12.5 Å². The highest BCUT2D eigenvalue weighted by Gasteiger charge is 2.43. The molecule has 2 aliphatic heterocycles. The summed E-state index contributed by atoms with van der Waals surface area (Å²) in [6.07, 6.45) is 2.45. The van der Waals surface area contributed by atoms with Crippen molar-refractivity contribution in [3.05, 3.63) is 59.2 Å². The first kappa shape index (κ1) is 17.9. The van der Waals surface area contributed by atoms with Gasteiger partial charge in [0.2, 0.25) is 5.91 Å². The number of phenolic OH excluding ortho intramolecular Hbond substituents is 1. The Hall–Kier alpha value is -2.53. The first-order chi connectivity index (χ1) is 13.1. The first-order valence-corrected chi connectivity index (χ1v) is 9.54. The Labute approximate surface area is 160 Å². The highest BCUT2D eigenvalue weighted by atomic mass is 16.5. The van der Waals surface area contributed by atoms with Gasteiger partial charge in [-0.2, -0.15) is 0 Å². The molecule has 0 aliphatic carbocycles. The number of methoxy groups -OCH3 is 1. The van der Waals surface area contributed by atoms with Crippen LogP contribution in [-0.2, 0) is 24.3 Å². The summed E-state index contributed by atoms with van der Waals surface area (Å²) in [4.78, 5) is 15.2. The van der Waals surface area contributed by atoms with Gasteiger partial charge in [0.1, 0.15) is 11.5 Å². The number of nitrogens with one attached hydrogen (secondary N) is 1. The Bertz CT molecular complexity index is 841. The zero-order valence-corrected chi connectivity index (χ0v) is 15.7. The molecule has 0 radical (unpaired) electrons. The Morgan fingerprint density at radius 3 is 2.59 bits per heavy atom. The second-order valence-electron chi connectivity index (χ2n) is 7.64. The molecule has 2 aliphatic rings. The van der Waals surface area contributed by atoms with Gasteiger partial charge in [-0.15, -0.1) is 0 Å². The summed E-state index contributed by atoms with van der Waals surface area (Å²) in [6.45, 7) is 2.90. The predicted octanol–water partition coefficient (Wildman–Crippen LogP) is 2.86. The lowest BCUT2D eigenvalue weighted by Crippen LogP contribution is -2.48. The number of ether oxygens (including phenoxy) is 1. The number of carbonyl (C=O) groups excluding carboxylic acids is 1. The number of nitrogens with zero attached hydrogens (tertiary/aromatic N) is 1. The van der Waals surface area contributed by atoms with Crippen LogP contribution in [0.4, 0.5) is 0 Å². The number of hydrogen-bond donors (Lipinski definition) is 2. The number of aromatic hydroxyl groups is 1. The summed E-state index contributed by atoms with van der Waals surface area (Å²) < 4.78 is 5.40. The van der Waals surface area contributed by atoms with Gasteiger partial charge in [-0.25, -0.2) is 0 Å². The standard InChI is InChI=1S/C22H26N2O3/c1-27-20-8-4-7-19(25)18(20)15-24-11-9-22(10-12-24)13-16-5-2-3-6-17(16)14-23-21(22)26/h2-8,25H,9-15H2,1H3,(H,23,26). The minimum absolute atomic E-state index is 0.179. The molecule has 0 atom stereocenters. The van der Waals surface area contributed by atoms with Gasteiger partial charge in [-0.05, 0) is 55.6 Å². The maximum Gasteiger partial charge on any atom is 0.226 e. The highest BCUT2D eigenvalue weighted by molar-refractivity contribution is 5.83. The normalized spacial score (nSPS) is 19.2. The Kier molecular flexibility index (Phi) is 4.79. The summed E-state index contributed by atoms with van der Waals surface area (Å²) >= 11 is 0. The zero-order valence-electron chi connectivity index (χ0n) is 15.7. The van der Waals surface area contributed by atoms with Crippen LogP contribution in [-0.4, -0.2) is 36.1 Å². The van der Waals surface area contributed by atoms with Crippen LogP contribution >= 0.6 is 0 Å². The topological polar surface area (TPSA) is 61.8 Å². The summed E-state index contributed by atoms with van der Waals surface area (Å²) in [5.74, 6) is 1.14. The summed E-state index contributed by atoms with van der Waals surface area (Å²) in [5, 5.41) is 13.3. The second-order valence-corrected chi connectivity index (χ2v) is 7.64. The molecule has 0 unspecified atom stereocenters. The first-order valence-electron chi connectivity index (χ1n) is 9.54. The minimum atomic E-state index is -0.327. The van der Waals surface area contributed by atoms with Crippen molar-refractivity contribution >= 4 is 5.91 Å². The van der Waals surface area contributed by atoms with Crippen molar-refractivity contribution < 1.29 is 14.6 Å². The molecule has 0 aromatic heterocycles. The number of benzene rings is 2.